The van der Waals surface area contributed by atoms with E-state index in [1.807, 2.05) is 6.92 Å². The van der Waals surface area contributed by atoms with Gasteiger partial charge in [-0.1, -0.05) is 11.6 Å². The molecule has 0 spiro atoms. The molecule has 0 unspecified atom stereocenters. The Bertz CT molecular complexity index is 441. The second kappa shape index (κ2) is 5.48. The first kappa shape index (κ1) is 13.0. The Hall–Kier alpha value is -1.42. The fraction of sp³-hybridized carbons (Fsp3) is 0.500. The Morgan fingerprint density at radius 1 is 1.39 bits per heavy atom. The lowest BCUT2D eigenvalue weighted by Gasteiger charge is -2.31. The largest absolute Gasteiger partial charge is 0.381 e. The van der Waals surface area contributed by atoms with Gasteiger partial charge in [-0.05, 0) is 31.9 Å². The summed E-state index contributed by atoms with van der Waals surface area (Å²) in [6.07, 6.45) is 1.63. The number of halogens is 1. The van der Waals surface area contributed by atoms with Crippen molar-refractivity contribution < 1.29 is 13.9 Å². The molecule has 3 nitrogen and oxygen atoms in total. The number of hydrogen-bond donors (Lipinski definition) is 0. The van der Waals surface area contributed by atoms with Gasteiger partial charge < -0.3 is 9.64 Å². The minimum atomic E-state index is -0.454. The number of hydrogen-bond acceptors (Lipinski definition) is 2. The molecule has 1 aliphatic rings. The molecule has 1 fully saturated rings. The predicted octanol–water partition coefficient (Wildman–Crippen LogP) is 2.39. The molecule has 1 aromatic carbocycles. The molecule has 1 aliphatic heterocycles. The SMILES string of the molecule is Cc1ccc(F)c(C(=O)N(C)C2CCOCC2)c1. The molecule has 0 atom stereocenters. The molecule has 98 valence electrons. The number of benzene rings is 1. The van der Waals surface area contributed by atoms with Crippen LogP contribution in [0.25, 0.3) is 0 Å². The van der Waals surface area contributed by atoms with Crippen LogP contribution >= 0.6 is 0 Å². The summed E-state index contributed by atoms with van der Waals surface area (Å²) in [6, 6.07) is 4.76. The summed E-state index contributed by atoms with van der Waals surface area (Å²) in [7, 11) is 1.74. The number of rotatable bonds is 2. The van der Waals surface area contributed by atoms with Crippen molar-refractivity contribution in [3.05, 3.63) is 35.1 Å². The predicted molar refractivity (Wildman–Crippen MR) is 67.1 cm³/mol. The first-order valence-electron chi connectivity index (χ1n) is 6.20. The number of ether oxygens (including phenoxy) is 1. The summed E-state index contributed by atoms with van der Waals surface area (Å²) in [5.74, 6) is -0.701. The highest BCUT2D eigenvalue weighted by molar-refractivity contribution is 5.94. The molecule has 0 radical (unpaired) electrons. The van der Waals surface area contributed by atoms with E-state index in [9.17, 15) is 9.18 Å². The second-order valence-corrected chi connectivity index (χ2v) is 4.74. The molecular formula is C14H18FNO2. The summed E-state index contributed by atoms with van der Waals surface area (Å²) in [5, 5.41) is 0. The number of amides is 1. The zero-order chi connectivity index (χ0) is 13.1. The molecule has 1 saturated heterocycles. The molecule has 0 bridgehead atoms. The van der Waals surface area contributed by atoms with Crippen molar-refractivity contribution in [1.82, 2.24) is 4.90 Å². The van der Waals surface area contributed by atoms with E-state index < -0.39 is 5.82 Å². The normalized spacial score (nSPS) is 16.6. The molecule has 0 N–H and O–H groups in total. The molecule has 0 aromatic heterocycles. The van der Waals surface area contributed by atoms with Gasteiger partial charge in [0.25, 0.3) is 5.91 Å². The molecule has 4 heteroatoms. The maximum Gasteiger partial charge on any atom is 0.256 e. The zero-order valence-electron chi connectivity index (χ0n) is 10.8. The minimum Gasteiger partial charge on any atom is -0.381 e. The van der Waals surface area contributed by atoms with Crippen molar-refractivity contribution >= 4 is 5.91 Å². The van der Waals surface area contributed by atoms with E-state index >= 15 is 0 Å². The third-order valence-corrected chi connectivity index (χ3v) is 3.41. The minimum absolute atomic E-state index is 0.145. The second-order valence-electron chi connectivity index (χ2n) is 4.74. The van der Waals surface area contributed by atoms with Gasteiger partial charge in [0.2, 0.25) is 0 Å². The average Bonchev–Trinajstić information content (AvgIpc) is 2.41. The Labute approximate surface area is 107 Å². The van der Waals surface area contributed by atoms with Crippen LogP contribution in [-0.4, -0.2) is 37.1 Å². The van der Waals surface area contributed by atoms with Crippen LogP contribution < -0.4 is 0 Å². The zero-order valence-corrected chi connectivity index (χ0v) is 10.8. The van der Waals surface area contributed by atoms with E-state index in [2.05, 4.69) is 0 Å². The van der Waals surface area contributed by atoms with Gasteiger partial charge in [0.05, 0.1) is 5.56 Å². The van der Waals surface area contributed by atoms with Gasteiger partial charge in [0.1, 0.15) is 5.82 Å². The molecule has 1 amide bonds. The maximum atomic E-state index is 13.7. The van der Waals surface area contributed by atoms with Gasteiger partial charge in [-0.3, -0.25) is 4.79 Å². The Balaban J connectivity index is 2.16. The summed E-state index contributed by atoms with van der Waals surface area (Å²) in [5.41, 5.74) is 1.05. The van der Waals surface area contributed by atoms with Gasteiger partial charge in [-0.25, -0.2) is 4.39 Å². The monoisotopic (exact) mass is 251 g/mol. The van der Waals surface area contributed by atoms with Crippen LogP contribution in [0.3, 0.4) is 0 Å². The third-order valence-electron chi connectivity index (χ3n) is 3.41. The first-order chi connectivity index (χ1) is 8.59. The van der Waals surface area contributed by atoms with Gasteiger partial charge in [0, 0.05) is 26.3 Å². The van der Waals surface area contributed by atoms with Crippen LogP contribution in [0.2, 0.25) is 0 Å². The number of carbonyl (C=O) groups excluding carboxylic acids is 1. The fourth-order valence-electron chi connectivity index (χ4n) is 2.23. The summed E-state index contributed by atoms with van der Waals surface area (Å²) in [4.78, 5) is 13.9. The molecule has 2 rings (SSSR count). The van der Waals surface area contributed by atoms with Crippen molar-refractivity contribution in [3.63, 3.8) is 0 Å². The highest BCUT2D eigenvalue weighted by atomic mass is 19.1. The molecule has 1 aromatic rings. The van der Waals surface area contributed by atoms with E-state index in [4.69, 9.17) is 4.74 Å². The van der Waals surface area contributed by atoms with Crippen molar-refractivity contribution in [2.45, 2.75) is 25.8 Å². The Morgan fingerprint density at radius 2 is 2.06 bits per heavy atom. The smallest absolute Gasteiger partial charge is 0.256 e. The fourth-order valence-corrected chi connectivity index (χ4v) is 2.23. The van der Waals surface area contributed by atoms with Crippen LogP contribution in [0.5, 0.6) is 0 Å². The van der Waals surface area contributed by atoms with E-state index in [1.165, 1.54) is 6.07 Å². The lowest BCUT2D eigenvalue weighted by Crippen LogP contribution is -2.41. The van der Waals surface area contributed by atoms with Crippen LogP contribution in [-0.2, 0) is 4.74 Å². The van der Waals surface area contributed by atoms with Gasteiger partial charge in [0.15, 0.2) is 0 Å². The maximum absolute atomic E-state index is 13.7. The van der Waals surface area contributed by atoms with Crippen molar-refractivity contribution in [2.75, 3.05) is 20.3 Å². The van der Waals surface area contributed by atoms with E-state index in [0.717, 1.165) is 18.4 Å². The average molecular weight is 251 g/mol. The van der Waals surface area contributed by atoms with E-state index in [-0.39, 0.29) is 17.5 Å². The summed E-state index contributed by atoms with van der Waals surface area (Å²) < 4.78 is 18.9. The highest BCUT2D eigenvalue weighted by Gasteiger charge is 2.25. The summed E-state index contributed by atoms with van der Waals surface area (Å²) in [6.45, 7) is 3.18. The standard InChI is InChI=1S/C14H18FNO2/c1-10-3-4-13(15)12(9-10)14(17)16(2)11-5-7-18-8-6-11/h3-4,9,11H,5-8H2,1-2H3. The molecule has 18 heavy (non-hydrogen) atoms. The van der Waals surface area contributed by atoms with Gasteiger partial charge in [-0.2, -0.15) is 0 Å². The first-order valence-corrected chi connectivity index (χ1v) is 6.20. The number of nitrogens with zero attached hydrogens (tertiary/aromatic N) is 1. The van der Waals surface area contributed by atoms with E-state index in [1.54, 1.807) is 24.1 Å². The molecule has 1 heterocycles. The van der Waals surface area contributed by atoms with Crippen molar-refractivity contribution in [2.24, 2.45) is 0 Å². The third kappa shape index (κ3) is 2.70. The molecule has 0 saturated carbocycles. The van der Waals surface area contributed by atoms with Gasteiger partial charge in [-0.15, -0.1) is 0 Å². The lowest BCUT2D eigenvalue weighted by atomic mass is 10.1. The van der Waals surface area contributed by atoms with E-state index in [0.29, 0.717) is 13.2 Å². The van der Waals surface area contributed by atoms with Crippen LogP contribution in [0.4, 0.5) is 4.39 Å². The number of aryl methyl sites for hydroxylation is 1. The number of carbonyl (C=O) groups is 1. The highest BCUT2D eigenvalue weighted by Crippen LogP contribution is 2.18. The summed E-state index contributed by atoms with van der Waals surface area (Å²) >= 11 is 0. The van der Waals surface area contributed by atoms with Crippen molar-refractivity contribution in [3.8, 4) is 0 Å². The van der Waals surface area contributed by atoms with Crippen LogP contribution in [0, 0.1) is 12.7 Å². The molecule has 0 aliphatic carbocycles. The topological polar surface area (TPSA) is 29.5 Å². The van der Waals surface area contributed by atoms with Crippen LogP contribution in [0.1, 0.15) is 28.8 Å². The Morgan fingerprint density at radius 3 is 2.72 bits per heavy atom. The quantitative estimate of drug-likeness (QED) is 0.807. The van der Waals surface area contributed by atoms with Crippen molar-refractivity contribution in [1.29, 1.82) is 0 Å². The van der Waals surface area contributed by atoms with Crippen LogP contribution in [0.15, 0.2) is 18.2 Å². The Kier molecular flexibility index (Phi) is 3.97. The molecular weight excluding hydrogens is 233 g/mol. The lowest BCUT2D eigenvalue weighted by molar-refractivity contribution is 0.0359. The van der Waals surface area contributed by atoms with Gasteiger partial charge >= 0.3 is 0 Å².